The highest BCUT2D eigenvalue weighted by molar-refractivity contribution is 7.07. The van der Waals surface area contributed by atoms with E-state index in [1.54, 1.807) is 11.3 Å². The molecule has 0 aliphatic rings. The predicted octanol–water partition coefficient (Wildman–Crippen LogP) is 2.42. The number of hydrogen-bond donors (Lipinski definition) is 2. The number of aryl methyl sites for hydroxylation is 1. The van der Waals surface area contributed by atoms with Crippen molar-refractivity contribution in [1.29, 1.82) is 0 Å². The van der Waals surface area contributed by atoms with Gasteiger partial charge in [-0.05, 0) is 40.9 Å². The molecular formula is C16H17N3O2S. The van der Waals surface area contributed by atoms with E-state index in [0.717, 1.165) is 22.4 Å². The van der Waals surface area contributed by atoms with Crippen LogP contribution in [-0.2, 0) is 24.8 Å². The van der Waals surface area contributed by atoms with Gasteiger partial charge >= 0.3 is 5.97 Å². The zero-order valence-corrected chi connectivity index (χ0v) is 13.0. The van der Waals surface area contributed by atoms with Crippen molar-refractivity contribution in [1.82, 2.24) is 14.9 Å². The summed E-state index contributed by atoms with van der Waals surface area (Å²) in [6.45, 7) is 0.423. The zero-order valence-electron chi connectivity index (χ0n) is 12.2. The van der Waals surface area contributed by atoms with Crippen LogP contribution in [0.2, 0.25) is 0 Å². The third kappa shape index (κ3) is 3.03. The molecule has 0 aliphatic heterocycles. The molecule has 114 valence electrons. The summed E-state index contributed by atoms with van der Waals surface area (Å²) in [7, 11) is 1.95. The van der Waals surface area contributed by atoms with Gasteiger partial charge in [-0.3, -0.25) is 10.1 Å². The molecule has 0 spiro atoms. The van der Waals surface area contributed by atoms with Crippen LogP contribution in [0.4, 0.5) is 0 Å². The van der Waals surface area contributed by atoms with Crippen molar-refractivity contribution in [2.45, 2.75) is 19.0 Å². The lowest BCUT2D eigenvalue weighted by Crippen LogP contribution is -2.38. The molecule has 2 heterocycles. The molecule has 6 heteroatoms. The Morgan fingerprint density at radius 3 is 2.91 bits per heavy atom. The first-order chi connectivity index (χ1) is 10.6. The summed E-state index contributed by atoms with van der Waals surface area (Å²) in [5, 5.41) is 16.4. The van der Waals surface area contributed by atoms with E-state index in [4.69, 9.17) is 0 Å². The summed E-state index contributed by atoms with van der Waals surface area (Å²) in [4.78, 5) is 16.0. The molecule has 0 radical (unpaired) electrons. The fraction of sp³-hybridized carbons (Fsp3) is 0.250. The second-order valence-electron chi connectivity index (χ2n) is 5.18. The maximum absolute atomic E-state index is 11.4. The average Bonchev–Trinajstić information content (AvgIpc) is 3.12. The lowest BCUT2D eigenvalue weighted by Gasteiger charge is -2.13. The van der Waals surface area contributed by atoms with Gasteiger partial charge in [0, 0.05) is 7.05 Å². The largest absolute Gasteiger partial charge is 0.480 e. The highest BCUT2D eigenvalue weighted by Gasteiger charge is 2.18. The number of thiophene rings is 1. The molecule has 1 unspecified atom stereocenters. The molecule has 2 aromatic heterocycles. The van der Waals surface area contributed by atoms with E-state index in [2.05, 4.69) is 10.3 Å². The number of hydrogen-bond acceptors (Lipinski definition) is 4. The maximum atomic E-state index is 11.4. The van der Waals surface area contributed by atoms with Gasteiger partial charge in [-0.25, -0.2) is 4.98 Å². The fourth-order valence-electron chi connectivity index (χ4n) is 2.46. The smallest absolute Gasteiger partial charge is 0.321 e. The second-order valence-corrected chi connectivity index (χ2v) is 5.96. The fourth-order valence-corrected chi connectivity index (χ4v) is 3.14. The Labute approximate surface area is 132 Å². The molecule has 0 saturated heterocycles. The Morgan fingerprint density at radius 1 is 1.41 bits per heavy atom. The number of aromatic nitrogens is 2. The van der Waals surface area contributed by atoms with Crippen LogP contribution in [-0.4, -0.2) is 26.7 Å². The van der Waals surface area contributed by atoms with Gasteiger partial charge in [0.25, 0.3) is 0 Å². The van der Waals surface area contributed by atoms with E-state index in [0.29, 0.717) is 13.0 Å². The van der Waals surface area contributed by atoms with Crippen molar-refractivity contribution in [3.63, 3.8) is 0 Å². The number of rotatable bonds is 6. The molecule has 0 fully saturated rings. The Balaban J connectivity index is 1.73. The highest BCUT2D eigenvalue weighted by Crippen LogP contribution is 2.14. The number of carbonyl (C=O) groups is 1. The number of para-hydroxylation sites is 2. The van der Waals surface area contributed by atoms with E-state index in [1.807, 2.05) is 52.7 Å². The monoisotopic (exact) mass is 315 g/mol. The van der Waals surface area contributed by atoms with Crippen LogP contribution >= 0.6 is 11.3 Å². The molecule has 5 nitrogen and oxygen atoms in total. The summed E-state index contributed by atoms with van der Waals surface area (Å²) in [6.07, 6.45) is 0.475. The summed E-state index contributed by atoms with van der Waals surface area (Å²) < 4.78 is 1.99. The molecule has 3 aromatic rings. The van der Waals surface area contributed by atoms with Crippen LogP contribution in [0.1, 0.15) is 11.4 Å². The van der Waals surface area contributed by atoms with Crippen molar-refractivity contribution >= 4 is 28.3 Å². The minimum absolute atomic E-state index is 0.423. The van der Waals surface area contributed by atoms with Gasteiger partial charge < -0.3 is 9.67 Å². The molecular weight excluding hydrogens is 298 g/mol. The van der Waals surface area contributed by atoms with Gasteiger partial charge in [-0.15, -0.1) is 0 Å². The lowest BCUT2D eigenvalue weighted by atomic mass is 10.1. The van der Waals surface area contributed by atoms with Crippen molar-refractivity contribution in [3.8, 4) is 0 Å². The predicted molar refractivity (Wildman–Crippen MR) is 87.0 cm³/mol. The summed E-state index contributed by atoms with van der Waals surface area (Å²) in [5.41, 5.74) is 3.01. The Bertz CT molecular complexity index is 780. The first-order valence-electron chi connectivity index (χ1n) is 7.03. The minimum Gasteiger partial charge on any atom is -0.480 e. The number of nitrogens with one attached hydrogen (secondary N) is 1. The van der Waals surface area contributed by atoms with Crippen LogP contribution in [0.3, 0.4) is 0 Å². The Hall–Kier alpha value is -2.18. The molecule has 1 aromatic carbocycles. The molecule has 0 aliphatic carbocycles. The lowest BCUT2D eigenvalue weighted by molar-refractivity contribution is -0.139. The van der Waals surface area contributed by atoms with E-state index in [9.17, 15) is 9.90 Å². The van der Waals surface area contributed by atoms with Gasteiger partial charge in [-0.1, -0.05) is 12.1 Å². The standard InChI is InChI=1S/C16H17N3O2S/c1-19-14-5-3-2-4-12(14)18-15(19)9-17-13(16(20)21)8-11-6-7-22-10-11/h2-7,10,13,17H,8-9H2,1H3,(H,20,21). The maximum Gasteiger partial charge on any atom is 0.321 e. The van der Waals surface area contributed by atoms with E-state index in [-0.39, 0.29) is 0 Å². The molecule has 22 heavy (non-hydrogen) atoms. The SMILES string of the molecule is Cn1c(CNC(Cc2ccsc2)C(=O)O)nc2ccccc21. The van der Waals surface area contributed by atoms with Gasteiger partial charge in [0.1, 0.15) is 11.9 Å². The van der Waals surface area contributed by atoms with Gasteiger partial charge in [0.15, 0.2) is 0 Å². The number of carboxylic acid groups (broad SMARTS) is 1. The van der Waals surface area contributed by atoms with Crippen molar-refractivity contribution in [3.05, 3.63) is 52.5 Å². The third-order valence-electron chi connectivity index (χ3n) is 3.70. The van der Waals surface area contributed by atoms with Crippen LogP contribution in [0.15, 0.2) is 41.1 Å². The zero-order chi connectivity index (χ0) is 15.5. The molecule has 0 amide bonds. The molecule has 0 bridgehead atoms. The van der Waals surface area contributed by atoms with E-state index in [1.165, 1.54) is 0 Å². The number of nitrogens with zero attached hydrogens (tertiary/aromatic N) is 2. The van der Waals surface area contributed by atoms with Crippen LogP contribution in [0.25, 0.3) is 11.0 Å². The number of benzene rings is 1. The topological polar surface area (TPSA) is 67.2 Å². The van der Waals surface area contributed by atoms with Gasteiger partial charge in [0.2, 0.25) is 0 Å². The number of fused-ring (bicyclic) bond motifs is 1. The minimum atomic E-state index is -0.843. The van der Waals surface area contributed by atoms with E-state index >= 15 is 0 Å². The Kier molecular flexibility index (Phi) is 4.22. The average molecular weight is 315 g/mol. The normalized spacial score (nSPS) is 12.6. The summed E-state index contributed by atoms with van der Waals surface area (Å²) >= 11 is 1.58. The van der Waals surface area contributed by atoms with Gasteiger partial charge in [0.05, 0.1) is 17.6 Å². The van der Waals surface area contributed by atoms with Crippen LogP contribution in [0.5, 0.6) is 0 Å². The second kappa shape index (κ2) is 6.29. The molecule has 1 atom stereocenters. The van der Waals surface area contributed by atoms with Crippen molar-refractivity contribution < 1.29 is 9.90 Å². The first kappa shape index (κ1) is 14.7. The number of aliphatic carboxylic acids is 1. The number of carboxylic acids is 1. The molecule has 0 saturated carbocycles. The summed E-state index contributed by atoms with van der Waals surface area (Å²) in [6, 6.07) is 9.22. The Morgan fingerprint density at radius 2 is 2.23 bits per heavy atom. The molecule has 3 rings (SSSR count). The summed E-state index contributed by atoms with van der Waals surface area (Å²) in [5.74, 6) is -0.0114. The van der Waals surface area contributed by atoms with Gasteiger partial charge in [-0.2, -0.15) is 11.3 Å². The van der Waals surface area contributed by atoms with Crippen LogP contribution in [0, 0.1) is 0 Å². The molecule has 2 N–H and O–H groups in total. The third-order valence-corrected chi connectivity index (χ3v) is 4.44. The van der Waals surface area contributed by atoms with E-state index < -0.39 is 12.0 Å². The van der Waals surface area contributed by atoms with Crippen molar-refractivity contribution in [2.75, 3.05) is 0 Å². The first-order valence-corrected chi connectivity index (χ1v) is 7.97. The number of imidazole rings is 1. The highest BCUT2D eigenvalue weighted by atomic mass is 32.1. The van der Waals surface area contributed by atoms with Crippen LogP contribution < -0.4 is 5.32 Å². The van der Waals surface area contributed by atoms with Crippen molar-refractivity contribution in [2.24, 2.45) is 7.05 Å². The quantitative estimate of drug-likeness (QED) is 0.733.